The van der Waals surface area contributed by atoms with Crippen molar-refractivity contribution in [2.75, 3.05) is 31.5 Å². The van der Waals surface area contributed by atoms with Crippen molar-refractivity contribution >= 4 is 11.7 Å². The number of carbonyl (C=O) groups excluding carboxylic acids is 1. The van der Waals surface area contributed by atoms with Gasteiger partial charge in [0.15, 0.2) is 0 Å². The van der Waals surface area contributed by atoms with Crippen molar-refractivity contribution in [3.8, 4) is 0 Å². The lowest BCUT2D eigenvalue weighted by atomic mass is 10.1. The molecule has 0 bridgehead atoms. The van der Waals surface area contributed by atoms with Crippen LogP contribution in [0.25, 0.3) is 0 Å². The molecule has 0 radical (unpaired) electrons. The molecule has 1 aliphatic heterocycles. The van der Waals surface area contributed by atoms with Crippen molar-refractivity contribution < 1.29 is 4.79 Å². The fourth-order valence-corrected chi connectivity index (χ4v) is 3.12. The van der Waals surface area contributed by atoms with E-state index in [4.69, 9.17) is 0 Å². The van der Waals surface area contributed by atoms with Crippen LogP contribution in [0.15, 0.2) is 30.9 Å². The third-order valence-electron chi connectivity index (χ3n) is 4.62. The predicted molar refractivity (Wildman–Crippen MR) is 92.8 cm³/mol. The Morgan fingerprint density at radius 1 is 1.38 bits per heavy atom. The first-order chi connectivity index (χ1) is 11.6. The summed E-state index contributed by atoms with van der Waals surface area (Å²) in [7, 11) is 1.99. The highest BCUT2D eigenvalue weighted by Crippen LogP contribution is 2.24. The fraction of sp³-hybridized carbons (Fsp3) is 0.471. The van der Waals surface area contributed by atoms with Gasteiger partial charge in [-0.25, -0.2) is 9.78 Å². The second-order valence-electron chi connectivity index (χ2n) is 6.11. The minimum atomic E-state index is -0.0823. The molecule has 1 aliphatic rings. The molecule has 0 spiro atoms. The van der Waals surface area contributed by atoms with Crippen LogP contribution in [0.5, 0.6) is 0 Å². The molecular weight excluding hydrogens is 304 g/mol. The first kappa shape index (κ1) is 16.4. The summed E-state index contributed by atoms with van der Waals surface area (Å²) in [6.45, 7) is 7.22. The summed E-state index contributed by atoms with van der Waals surface area (Å²) < 4.78 is 2.03. The third-order valence-corrected chi connectivity index (χ3v) is 4.62. The maximum atomic E-state index is 12.7. The van der Waals surface area contributed by atoms with Crippen molar-refractivity contribution in [2.45, 2.75) is 19.9 Å². The quantitative estimate of drug-likeness (QED) is 0.936. The van der Waals surface area contributed by atoms with Crippen LogP contribution in [0.1, 0.15) is 24.4 Å². The number of hydrogen-bond acceptors (Lipinski definition) is 4. The van der Waals surface area contributed by atoms with Gasteiger partial charge >= 0.3 is 6.03 Å². The minimum Gasteiger partial charge on any atom is -0.337 e. The largest absolute Gasteiger partial charge is 0.337 e. The molecule has 1 N–H and O–H groups in total. The van der Waals surface area contributed by atoms with Gasteiger partial charge in [0.25, 0.3) is 0 Å². The number of anilines is 1. The van der Waals surface area contributed by atoms with E-state index in [0.29, 0.717) is 13.1 Å². The molecule has 0 aliphatic carbocycles. The van der Waals surface area contributed by atoms with E-state index in [-0.39, 0.29) is 12.1 Å². The Morgan fingerprint density at radius 3 is 2.88 bits per heavy atom. The molecule has 0 aromatic carbocycles. The maximum Gasteiger partial charge on any atom is 0.322 e. The average molecular weight is 328 g/mol. The molecule has 1 atom stereocenters. The van der Waals surface area contributed by atoms with Crippen LogP contribution in [-0.2, 0) is 7.05 Å². The number of urea groups is 1. The van der Waals surface area contributed by atoms with Crippen LogP contribution < -0.4 is 5.32 Å². The summed E-state index contributed by atoms with van der Waals surface area (Å²) >= 11 is 0. The van der Waals surface area contributed by atoms with E-state index < -0.39 is 0 Å². The zero-order chi connectivity index (χ0) is 17.1. The topological polar surface area (TPSA) is 66.3 Å². The molecule has 1 unspecified atom stereocenters. The first-order valence-corrected chi connectivity index (χ1v) is 8.28. The van der Waals surface area contributed by atoms with Crippen molar-refractivity contribution in [2.24, 2.45) is 7.05 Å². The smallest absolute Gasteiger partial charge is 0.322 e. The summed E-state index contributed by atoms with van der Waals surface area (Å²) in [4.78, 5) is 25.4. The average Bonchev–Trinajstić information content (AvgIpc) is 3.02. The second kappa shape index (κ2) is 7.00. The van der Waals surface area contributed by atoms with E-state index in [1.54, 1.807) is 18.6 Å². The molecule has 7 nitrogen and oxygen atoms in total. The standard InChI is InChI=1S/C17H24N6O/c1-4-22-9-10-23(12-15(22)16-19-7-8-21(16)3)17(24)20-14-11-18-6-5-13(14)2/h5-8,11,15H,4,9-10,12H2,1-3H3,(H,20,24). The summed E-state index contributed by atoms with van der Waals surface area (Å²) in [6, 6.07) is 1.92. The van der Waals surface area contributed by atoms with Crippen LogP contribution in [0.4, 0.5) is 10.5 Å². The SMILES string of the molecule is CCN1CCN(C(=O)Nc2cnccc2C)CC1c1nccn1C. The Bertz CT molecular complexity index is 713. The first-order valence-electron chi connectivity index (χ1n) is 8.28. The lowest BCUT2D eigenvalue weighted by Gasteiger charge is -2.40. The number of rotatable bonds is 3. The van der Waals surface area contributed by atoms with E-state index in [0.717, 1.165) is 30.2 Å². The Morgan fingerprint density at radius 2 is 2.21 bits per heavy atom. The van der Waals surface area contributed by atoms with E-state index in [9.17, 15) is 4.79 Å². The van der Waals surface area contributed by atoms with Crippen LogP contribution in [0.3, 0.4) is 0 Å². The summed E-state index contributed by atoms with van der Waals surface area (Å²) in [6.07, 6.45) is 7.16. The highest BCUT2D eigenvalue weighted by atomic mass is 16.2. The molecule has 2 aromatic heterocycles. The second-order valence-corrected chi connectivity index (χ2v) is 6.11. The lowest BCUT2D eigenvalue weighted by Crippen LogP contribution is -2.52. The van der Waals surface area contributed by atoms with E-state index in [1.165, 1.54) is 0 Å². The van der Waals surface area contributed by atoms with Gasteiger partial charge in [0.05, 0.1) is 17.9 Å². The highest BCUT2D eigenvalue weighted by molar-refractivity contribution is 5.90. The van der Waals surface area contributed by atoms with E-state index in [2.05, 4.69) is 27.1 Å². The van der Waals surface area contributed by atoms with Gasteiger partial charge in [0.2, 0.25) is 0 Å². The number of piperazine rings is 1. The molecular formula is C17H24N6O. The van der Waals surface area contributed by atoms with Crippen LogP contribution >= 0.6 is 0 Å². The molecule has 1 fully saturated rings. The number of aromatic nitrogens is 3. The minimum absolute atomic E-state index is 0.0823. The Labute approximate surface area is 142 Å². The molecule has 24 heavy (non-hydrogen) atoms. The van der Waals surface area contributed by atoms with Gasteiger partial charge in [-0.15, -0.1) is 0 Å². The number of nitrogens with zero attached hydrogens (tertiary/aromatic N) is 5. The number of nitrogens with one attached hydrogen (secondary N) is 1. The zero-order valence-electron chi connectivity index (χ0n) is 14.4. The number of carbonyl (C=O) groups is 1. The van der Waals surface area contributed by atoms with Crippen molar-refractivity contribution in [3.63, 3.8) is 0 Å². The summed E-state index contributed by atoms with van der Waals surface area (Å²) in [5.74, 6) is 0.993. The number of imidazole rings is 1. The van der Waals surface area contributed by atoms with Gasteiger partial charge in [-0.1, -0.05) is 6.92 Å². The van der Waals surface area contributed by atoms with Crippen LogP contribution in [-0.4, -0.2) is 56.5 Å². The van der Waals surface area contributed by atoms with E-state index in [1.807, 2.05) is 35.7 Å². The van der Waals surface area contributed by atoms with Gasteiger partial charge in [-0.05, 0) is 25.1 Å². The Hall–Kier alpha value is -2.41. The maximum absolute atomic E-state index is 12.7. The number of amides is 2. The monoisotopic (exact) mass is 328 g/mol. The van der Waals surface area contributed by atoms with Gasteiger partial charge in [-0.3, -0.25) is 9.88 Å². The van der Waals surface area contributed by atoms with Crippen LogP contribution in [0, 0.1) is 6.92 Å². The number of pyridine rings is 1. The molecule has 0 saturated carbocycles. The van der Waals surface area contributed by atoms with Crippen molar-refractivity contribution in [1.82, 2.24) is 24.3 Å². The van der Waals surface area contributed by atoms with E-state index >= 15 is 0 Å². The molecule has 3 rings (SSSR count). The number of hydrogen-bond donors (Lipinski definition) is 1. The molecule has 1 saturated heterocycles. The van der Waals surface area contributed by atoms with Gasteiger partial charge < -0.3 is 14.8 Å². The summed E-state index contributed by atoms with van der Waals surface area (Å²) in [5.41, 5.74) is 1.76. The molecule has 2 amide bonds. The van der Waals surface area contributed by atoms with Gasteiger partial charge in [0.1, 0.15) is 5.82 Å². The molecule has 2 aromatic rings. The highest BCUT2D eigenvalue weighted by Gasteiger charge is 2.32. The third kappa shape index (κ3) is 3.26. The van der Waals surface area contributed by atoms with Crippen LogP contribution in [0.2, 0.25) is 0 Å². The number of likely N-dealkylation sites (N-methyl/N-ethyl adjacent to an activating group) is 1. The van der Waals surface area contributed by atoms with Gasteiger partial charge in [0, 0.05) is 45.3 Å². The molecule has 3 heterocycles. The van der Waals surface area contributed by atoms with Crippen molar-refractivity contribution in [1.29, 1.82) is 0 Å². The molecule has 7 heteroatoms. The predicted octanol–water partition coefficient (Wildman–Crippen LogP) is 2.03. The van der Waals surface area contributed by atoms with Crippen molar-refractivity contribution in [3.05, 3.63) is 42.2 Å². The van der Waals surface area contributed by atoms with Gasteiger partial charge in [-0.2, -0.15) is 0 Å². The number of aryl methyl sites for hydroxylation is 2. The fourth-order valence-electron chi connectivity index (χ4n) is 3.12. The Kier molecular flexibility index (Phi) is 4.80. The summed E-state index contributed by atoms with van der Waals surface area (Å²) in [5, 5.41) is 2.97. The zero-order valence-corrected chi connectivity index (χ0v) is 14.4. The normalized spacial score (nSPS) is 18.6. The lowest BCUT2D eigenvalue weighted by molar-refractivity contribution is 0.0927. The Balaban J connectivity index is 1.74. The molecule has 128 valence electrons.